The lowest BCUT2D eigenvalue weighted by Gasteiger charge is -2.25. The van der Waals surface area contributed by atoms with Crippen LogP contribution in [-0.4, -0.2) is 94.6 Å². The van der Waals surface area contributed by atoms with E-state index in [1.807, 2.05) is 27.7 Å². The summed E-state index contributed by atoms with van der Waals surface area (Å²) in [4.78, 5) is 47.1. The fourth-order valence-electron chi connectivity index (χ4n) is 2.22. The van der Waals surface area contributed by atoms with Crippen molar-refractivity contribution in [1.29, 1.82) is 0 Å². The van der Waals surface area contributed by atoms with E-state index in [-0.39, 0.29) is 11.8 Å². The molecule has 0 aliphatic rings. The Morgan fingerprint density at radius 1 is 0.625 bits per heavy atom. The molecule has 12 heteroatoms. The predicted molar refractivity (Wildman–Crippen MR) is 115 cm³/mol. The summed E-state index contributed by atoms with van der Waals surface area (Å²) in [5.74, 6) is -2.87. The first-order valence-corrected chi connectivity index (χ1v) is 10.7. The average molecular weight is 463 g/mol. The maximum Gasteiger partial charge on any atom is 0.252 e. The van der Waals surface area contributed by atoms with Gasteiger partial charge in [-0.1, -0.05) is 40.5 Å². The van der Waals surface area contributed by atoms with Crippen molar-refractivity contribution in [1.82, 2.24) is 21.3 Å². The van der Waals surface area contributed by atoms with Gasteiger partial charge in [-0.25, -0.2) is 0 Å². The number of nitrogens with one attached hydrogen (secondary N) is 4. The van der Waals surface area contributed by atoms with Crippen molar-refractivity contribution in [3.63, 3.8) is 0 Å². The molecule has 0 saturated carbocycles. The van der Waals surface area contributed by atoms with Crippen molar-refractivity contribution in [3.05, 3.63) is 0 Å². The van der Waals surface area contributed by atoms with E-state index in [1.54, 1.807) is 0 Å². The second-order valence-electron chi connectivity index (χ2n) is 7.94. The number of rotatable bonds is 15. The number of aliphatic hydroxyl groups is 4. The molecule has 0 aromatic rings. The van der Waals surface area contributed by atoms with Crippen molar-refractivity contribution >= 4 is 23.6 Å². The minimum absolute atomic E-state index is 0.246. The average Bonchev–Trinajstić information content (AvgIpc) is 2.80. The van der Waals surface area contributed by atoms with Gasteiger partial charge in [-0.05, 0) is 11.8 Å². The molecule has 2 unspecified atom stereocenters. The Morgan fingerprint density at radius 3 is 1.22 bits per heavy atom. The number of hydrogen-bond acceptors (Lipinski definition) is 8. The maximum atomic E-state index is 11.9. The Labute approximate surface area is 188 Å². The van der Waals surface area contributed by atoms with Gasteiger partial charge < -0.3 is 41.7 Å². The molecule has 0 heterocycles. The van der Waals surface area contributed by atoms with Crippen LogP contribution in [-0.2, 0) is 19.2 Å². The van der Waals surface area contributed by atoms with E-state index < -0.39 is 61.1 Å². The Hall–Kier alpha value is -2.28. The van der Waals surface area contributed by atoms with Crippen molar-refractivity contribution in [2.24, 2.45) is 11.8 Å². The molecule has 186 valence electrons. The van der Waals surface area contributed by atoms with Gasteiger partial charge in [0.2, 0.25) is 11.8 Å². The van der Waals surface area contributed by atoms with Gasteiger partial charge in [-0.15, -0.1) is 0 Å². The van der Waals surface area contributed by atoms with Gasteiger partial charge in [0, 0.05) is 13.1 Å². The van der Waals surface area contributed by atoms with E-state index in [0.29, 0.717) is 13.1 Å². The third-order valence-corrected chi connectivity index (χ3v) is 5.07. The third kappa shape index (κ3) is 11.4. The minimum Gasteiger partial charge on any atom is -0.387 e. The van der Waals surface area contributed by atoms with Gasteiger partial charge in [0.25, 0.3) is 11.8 Å². The summed E-state index contributed by atoms with van der Waals surface area (Å²) in [6, 6.07) is 0. The number of carbonyl (C=O) groups excluding carboxylic acids is 4. The first-order valence-electron chi connectivity index (χ1n) is 10.7. The lowest BCUT2D eigenvalue weighted by atomic mass is 10.0. The van der Waals surface area contributed by atoms with Crippen LogP contribution >= 0.6 is 0 Å². The summed E-state index contributed by atoms with van der Waals surface area (Å²) in [5, 5.41) is 48.9. The molecule has 8 N–H and O–H groups in total. The molecule has 0 spiro atoms. The lowest BCUT2D eigenvalue weighted by molar-refractivity contribution is -0.155. The summed E-state index contributed by atoms with van der Waals surface area (Å²) in [5.41, 5.74) is 0. The smallest absolute Gasteiger partial charge is 0.252 e. The Morgan fingerprint density at radius 2 is 0.938 bits per heavy atom. The van der Waals surface area contributed by atoms with E-state index in [4.69, 9.17) is 0 Å². The molecule has 0 aromatic heterocycles. The lowest BCUT2D eigenvalue weighted by Crippen LogP contribution is -2.55. The highest BCUT2D eigenvalue weighted by Gasteiger charge is 2.37. The quantitative estimate of drug-likeness (QED) is 0.126. The van der Waals surface area contributed by atoms with Gasteiger partial charge in [0.05, 0.1) is 13.1 Å². The minimum atomic E-state index is -2.22. The molecule has 0 aliphatic heterocycles. The van der Waals surface area contributed by atoms with Gasteiger partial charge in [-0.2, -0.15) is 0 Å². The summed E-state index contributed by atoms with van der Waals surface area (Å²) < 4.78 is 0. The van der Waals surface area contributed by atoms with Crippen molar-refractivity contribution in [2.75, 3.05) is 26.2 Å². The van der Waals surface area contributed by atoms with Gasteiger partial charge in [-0.3, -0.25) is 19.2 Å². The summed E-state index contributed by atoms with van der Waals surface area (Å²) in [6.07, 6.45) is -7.17. The maximum absolute atomic E-state index is 11.9. The second kappa shape index (κ2) is 15.5. The van der Waals surface area contributed by atoms with Gasteiger partial charge >= 0.3 is 0 Å². The molecule has 6 atom stereocenters. The van der Waals surface area contributed by atoms with E-state index in [0.717, 1.165) is 12.8 Å². The Balaban J connectivity index is 4.49. The van der Waals surface area contributed by atoms with Crippen LogP contribution in [0.2, 0.25) is 0 Å². The van der Waals surface area contributed by atoms with E-state index in [1.165, 1.54) is 0 Å². The van der Waals surface area contributed by atoms with Crippen LogP contribution in [0, 0.1) is 11.8 Å². The molecule has 12 nitrogen and oxygen atoms in total. The van der Waals surface area contributed by atoms with E-state index in [2.05, 4.69) is 21.3 Å². The number of amides is 4. The van der Waals surface area contributed by atoms with Crippen LogP contribution in [0.3, 0.4) is 0 Å². The summed E-state index contributed by atoms with van der Waals surface area (Å²) in [6.45, 7) is 7.66. The SMILES string of the molecule is CCC(C)CNC(=O)CNC(=O)[C@@H](O)[C@@H](O)[C@H](O)[C@@H](O)C(=O)NCC(=O)NCC(C)CC. The number of aliphatic hydroxyl groups excluding tert-OH is 4. The van der Waals surface area contributed by atoms with Gasteiger partial charge in [0.1, 0.15) is 12.2 Å². The molecule has 0 saturated heterocycles. The highest BCUT2D eigenvalue weighted by Crippen LogP contribution is 2.06. The van der Waals surface area contributed by atoms with Crippen molar-refractivity contribution in [3.8, 4) is 0 Å². The summed E-state index contributed by atoms with van der Waals surface area (Å²) in [7, 11) is 0. The number of carbonyl (C=O) groups is 4. The topological polar surface area (TPSA) is 197 Å². The van der Waals surface area contributed by atoms with Crippen LogP contribution < -0.4 is 21.3 Å². The highest BCUT2D eigenvalue weighted by atomic mass is 16.4. The molecule has 0 bridgehead atoms. The molecule has 4 amide bonds. The molecule has 0 fully saturated rings. The number of hydrogen-bond donors (Lipinski definition) is 8. The molecule has 32 heavy (non-hydrogen) atoms. The molecule has 0 aliphatic carbocycles. The monoisotopic (exact) mass is 462 g/mol. The van der Waals surface area contributed by atoms with Crippen LogP contribution in [0.5, 0.6) is 0 Å². The molecule has 0 rings (SSSR count). The highest BCUT2D eigenvalue weighted by molar-refractivity contribution is 5.88. The first-order chi connectivity index (χ1) is 14.9. The van der Waals surface area contributed by atoms with Gasteiger partial charge in [0.15, 0.2) is 12.2 Å². The summed E-state index contributed by atoms with van der Waals surface area (Å²) >= 11 is 0. The van der Waals surface area contributed by atoms with E-state index in [9.17, 15) is 39.6 Å². The molecular weight excluding hydrogens is 424 g/mol. The predicted octanol–water partition coefficient (Wildman–Crippen LogP) is -3.01. The van der Waals surface area contributed by atoms with Crippen molar-refractivity contribution in [2.45, 2.75) is 65.0 Å². The zero-order valence-electron chi connectivity index (χ0n) is 19.1. The fraction of sp³-hybridized carbons (Fsp3) is 0.800. The normalized spacial score (nSPS) is 16.6. The zero-order valence-corrected chi connectivity index (χ0v) is 19.1. The van der Waals surface area contributed by atoms with E-state index >= 15 is 0 Å². The zero-order chi connectivity index (χ0) is 24.8. The first kappa shape index (κ1) is 29.7. The van der Waals surface area contributed by atoms with Crippen LogP contribution in [0.4, 0.5) is 0 Å². The Kier molecular flexibility index (Phi) is 14.4. The largest absolute Gasteiger partial charge is 0.387 e. The van der Waals surface area contributed by atoms with Crippen LogP contribution in [0.15, 0.2) is 0 Å². The van der Waals surface area contributed by atoms with Crippen molar-refractivity contribution < 1.29 is 39.6 Å². The Bertz CT molecular complexity index is 566. The van der Waals surface area contributed by atoms with Crippen LogP contribution in [0.1, 0.15) is 40.5 Å². The molecular formula is C20H38N4O8. The van der Waals surface area contributed by atoms with Crippen LogP contribution in [0.25, 0.3) is 0 Å². The standard InChI is InChI=1S/C20H38N4O8/c1-5-11(3)7-21-13(25)9-23-19(31)17(29)15(27)16(28)18(30)20(32)24-10-14(26)22-8-12(4)6-2/h11-12,15-18,27-30H,5-10H2,1-4H3,(H,21,25)(H,22,26)(H,23,31)(H,24,32)/t11?,12?,15-,16-,17-,18+/m0/s1. The molecule has 0 radical (unpaired) electrons. The molecule has 0 aromatic carbocycles. The third-order valence-electron chi connectivity index (χ3n) is 5.07. The fourth-order valence-corrected chi connectivity index (χ4v) is 2.22. The second-order valence-corrected chi connectivity index (χ2v) is 7.94.